The van der Waals surface area contributed by atoms with Crippen LogP contribution in [0.15, 0.2) is 28.9 Å². The fraction of sp³-hybridized carbons (Fsp3) is 0.615. The molecule has 0 saturated heterocycles. The lowest BCUT2D eigenvalue weighted by Gasteiger charge is -2.29. The molecule has 1 heterocycles. The molecule has 2 aliphatic rings. The Morgan fingerprint density at radius 2 is 2.19 bits per heavy atom. The number of hydrogen-bond donors (Lipinski definition) is 1. The predicted molar refractivity (Wildman–Crippen MR) is 68.3 cm³/mol. The Hall–Kier alpha value is -1.25. The maximum absolute atomic E-state index is 5.93. The number of hydrogen-bond acceptors (Lipinski definition) is 3. The van der Waals surface area contributed by atoms with Crippen molar-refractivity contribution in [3.05, 3.63) is 23.9 Å². The lowest BCUT2D eigenvalue weighted by atomic mass is 9.91. The number of aliphatic imine (C=N–C) groups is 1. The summed E-state index contributed by atoms with van der Waals surface area (Å²) in [4.78, 5) is 6.78. The monoisotopic (exact) mass is 219 g/mol. The normalized spacial score (nSPS) is 28.2. The average molecular weight is 219 g/mol. The Labute approximate surface area is 97.7 Å². The van der Waals surface area contributed by atoms with Crippen LogP contribution in [0.4, 0.5) is 0 Å². The highest BCUT2D eigenvalue weighted by Crippen LogP contribution is 2.25. The summed E-state index contributed by atoms with van der Waals surface area (Å²) < 4.78 is 0. The summed E-state index contributed by atoms with van der Waals surface area (Å²) >= 11 is 0. The second-order valence-corrected chi connectivity index (χ2v) is 5.80. The van der Waals surface area contributed by atoms with E-state index in [4.69, 9.17) is 5.73 Å². The first-order valence-electron chi connectivity index (χ1n) is 5.90. The smallest absolute Gasteiger partial charge is 0.115 e. The van der Waals surface area contributed by atoms with E-state index in [0.29, 0.717) is 11.5 Å². The van der Waals surface area contributed by atoms with Gasteiger partial charge in [-0.05, 0) is 17.9 Å². The Bertz CT molecular complexity index is 347. The minimum absolute atomic E-state index is 0.143. The highest BCUT2D eigenvalue weighted by molar-refractivity contribution is 5.62. The number of nitrogens with two attached hydrogens (primary N) is 1. The Morgan fingerprint density at radius 3 is 2.88 bits per heavy atom. The molecular weight excluding hydrogens is 198 g/mol. The van der Waals surface area contributed by atoms with Crippen LogP contribution < -0.4 is 5.73 Å². The van der Waals surface area contributed by atoms with Gasteiger partial charge in [-0.1, -0.05) is 32.9 Å². The highest BCUT2D eigenvalue weighted by atomic mass is 15.3. The van der Waals surface area contributed by atoms with E-state index in [1.807, 2.05) is 18.5 Å². The molecule has 2 rings (SSSR count). The number of allylic oxidation sites excluding steroid dienone is 2. The van der Waals surface area contributed by atoms with Crippen LogP contribution >= 0.6 is 0 Å². The molecular formula is C13H21N3. The maximum Gasteiger partial charge on any atom is 0.115 e. The number of fused-ring (bicyclic) bond motifs is 1. The Balaban J connectivity index is 1.98. The zero-order valence-corrected chi connectivity index (χ0v) is 10.4. The molecule has 3 heteroatoms. The van der Waals surface area contributed by atoms with Crippen molar-refractivity contribution in [2.45, 2.75) is 39.3 Å². The van der Waals surface area contributed by atoms with E-state index in [-0.39, 0.29) is 6.04 Å². The molecule has 0 radical (unpaired) electrons. The van der Waals surface area contributed by atoms with Crippen molar-refractivity contribution in [3.8, 4) is 0 Å². The van der Waals surface area contributed by atoms with Crippen molar-refractivity contribution in [2.75, 3.05) is 6.54 Å². The molecule has 2 unspecified atom stereocenters. The fourth-order valence-electron chi connectivity index (χ4n) is 2.05. The second-order valence-electron chi connectivity index (χ2n) is 5.80. The van der Waals surface area contributed by atoms with Crippen LogP contribution in [0.1, 0.15) is 27.2 Å². The van der Waals surface area contributed by atoms with Crippen molar-refractivity contribution in [2.24, 2.45) is 16.1 Å². The third kappa shape index (κ3) is 2.29. The van der Waals surface area contributed by atoms with Gasteiger partial charge in [0.05, 0.1) is 12.4 Å². The molecule has 3 nitrogen and oxygen atoms in total. The zero-order valence-electron chi connectivity index (χ0n) is 10.4. The maximum atomic E-state index is 5.93. The summed E-state index contributed by atoms with van der Waals surface area (Å²) in [7, 11) is 0. The van der Waals surface area contributed by atoms with Gasteiger partial charge in [0.25, 0.3) is 0 Å². The van der Waals surface area contributed by atoms with E-state index < -0.39 is 0 Å². The van der Waals surface area contributed by atoms with Gasteiger partial charge in [0, 0.05) is 12.2 Å². The molecule has 2 atom stereocenters. The van der Waals surface area contributed by atoms with Crippen molar-refractivity contribution < 1.29 is 0 Å². The van der Waals surface area contributed by atoms with E-state index in [1.54, 1.807) is 0 Å². The molecule has 16 heavy (non-hydrogen) atoms. The quantitative estimate of drug-likeness (QED) is 0.771. The first-order valence-corrected chi connectivity index (χ1v) is 5.90. The van der Waals surface area contributed by atoms with E-state index in [0.717, 1.165) is 12.2 Å². The van der Waals surface area contributed by atoms with E-state index in [2.05, 4.69) is 36.7 Å². The molecule has 0 aromatic rings. The fourth-order valence-corrected chi connectivity index (χ4v) is 2.05. The SMILES string of the molecule is CC(C)(C)CCN1C=NC2C(N)=CC=CC21. The zero-order chi connectivity index (χ0) is 11.8. The molecule has 88 valence electrons. The minimum atomic E-state index is 0.143. The molecule has 0 aromatic carbocycles. The molecule has 0 bridgehead atoms. The summed E-state index contributed by atoms with van der Waals surface area (Å²) in [5.74, 6) is 0. The number of rotatable bonds is 2. The van der Waals surface area contributed by atoms with Crippen molar-refractivity contribution in [1.82, 2.24) is 4.90 Å². The highest BCUT2D eigenvalue weighted by Gasteiger charge is 2.31. The third-order valence-corrected chi connectivity index (χ3v) is 3.14. The van der Waals surface area contributed by atoms with Gasteiger partial charge in [-0.2, -0.15) is 0 Å². The molecule has 0 amide bonds. The van der Waals surface area contributed by atoms with E-state index in [1.165, 1.54) is 6.42 Å². The van der Waals surface area contributed by atoms with Gasteiger partial charge >= 0.3 is 0 Å². The van der Waals surface area contributed by atoms with Crippen LogP contribution in [0, 0.1) is 5.41 Å². The molecule has 0 fully saturated rings. The molecule has 0 saturated carbocycles. The lowest BCUT2D eigenvalue weighted by Crippen LogP contribution is -2.39. The Kier molecular flexibility index (Phi) is 2.78. The first-order chi connectivity index (χ1) is 7.47. The molecule has 0 spiro atoms. The second kappa shape index (κ2) is 3.96. The van der Waals surface area contributed by atoms with Crippen molar-refractivity contribution >= 4 is 6.34 Å². The third-order valence-electron chi connectivity index (χ3n) is 3.14. The van der Waals surface area contributed by atoms with Gasteiger partial charge in [0.15, 0.2) is 0 Å². The topological polar surface area (TPSA) is 41.6 Å². The summed E-state index contributed by atoms with van der Waals surface area (Å²) in [6.45, 7) is 7.85. The molecule has 1 aliphatic carbocycles. The molecule has 1 aliphatic heterocycles. The van der Waals surface area contributed by atoms with Crippen LogP contribution in [0.25, 0.3) is 0 Å². The molecule has 2 N–H and O–H groups in total. The van der Waals surface area contributed by atoms with Crippen molar-refractivity contribution in [1.29, 1.82) is 0 Å². The van der Waals surface area contributed by atoms with Gasteiger partial charge in [-0.15, -0.1) is 0 Å². The van der Waals surface area contributed by atoms with Crippen LogP contribution in [-0.2, 0) is 0 Å². The first kappa shape index (κ1) is 11.2. The summed E-state index contributed by atoms with van der Waals surface area (Å²) in [6, 6.07) is 0.484. The lowest BCUT2D eigenvalue weighted by molar-refractivity contribution is 0.289. The largest absolute Gasteiger partial charge is 0.400 e. The van der Waals surface area contributed by atoms with Gasteiger partial charge in [-0.3, -0.25) is 4.99 Å². The van der Waals surface area contributed by atoms with Crippen molar-refractivity contribution in [3.63, 3.8) is 0 Å². The van der Waals surface area contributed by atoms with E-state index in [9.17, 15) is 0 Å². The average Bonchev–Trinajstić information content (AvgIpc) is 2.58. The molecule has 0 aromatic heterocycles. The van der Waals surface area contributed by atoms with Gasteiger partial charge < -0.3 is 10.6 Å². The number of nitrogens with zero attached hydrogens (tertiary/aromatic N) is 2. The van der Waals surface area contributed by atoms with Gasteiger partial charge in [0.1, 0.15) is 6.04 Å². The van der Waals surface area contributed by atoms with Crippen LogP contribution in [0.5, 0.6) is 0 Å². The minimum Gasteiger partial charge on any atom is -0.400 e. The van der Waals surface area contributed by atoms with Gasteiger partial charge in [-0.25, -0.2) is 0 Å². The van der Waals surface area contributed by atoms with Crippen LogP contribution in [0.2, 0.25) is 0 Å². The van der Waals surface area contributed by atoms with E-state index >= 15 is 0 Å². The Morgan fingerprint density at radius 1 is 1.44 bits per heavy atom. The van der Waals surface area contributed by atoms with Crippen LogP contribution in [0.3, 0.4) is 0 Å². The standard InChI is InChI=1S/C13H21N3/c1-13(2,3)7-8-16-9-15-12-10(14)5-4-6-11(12)16/h4-6,9,11-12H,7-8,14H2,1-3H3. The summed E-state index contributed by atoms with van der Waals surface area (Å²) in [5.41, 5.74) is 7.18. The summed E-state index contributed by atoms with van der Waals surface area (Å²) in [5, 5.41) is 0. The summed E-state index contributed by atoms with van der Waals surface area (Å²) in [6.07, 6.45) is 9.30. The van der Waals surface area contributed by atoms with Gasteiger partial charge in [0.2, 0.25) is 0 Å². The van der Waals surface area contributed by atoms with Crippen LogP contribution in [-0.4, -0.2) is 29.9 Å². The predicted octanol–water partition coefficient (Wildman–Crippen LogP) is 1.92.